The van der Waals surface area contributed by atoms with Gasteiger partial charge < -0.3 is 21.1 Å². The molecule has 1 aromatic rings. The summed E-state index contributed by atoms with van der Waals surface area (Å²) in [5.74, 6) is -0.724. The van der Waals surface area contributed by atoms with Gasteiger partial charge in [-0.05, 0) is 18.2 Å². The molecule has 1 rings (SSSR count). The lowest BCUT2D eigenvalue weighted by Gasteiger charge is -2.13. The third-order valence-corrected chi connectivity index (χ3v) is 2.49. The highest BCUT2D eigenvalue weighted by molar-refractivity contribution is 5.99. The second-order valence-corrected chi connectivity index (χ2v) is 3.93. The van der Waals surface area contributed by atoms with E-state index in [2.05, 4.69) is 15.4 Å². The number of nitrogens with one attached hydrogen (secondary N) is 2. The molecule has 6 nitrogen and oxygen atoms in total. The number of benzene rings is 1. The van der Waals surface area contributed by atoms with Gasteiger partial charge in [0.2, 0.25) is 0 Å². The Bertz CT molecular complexity index is 532. The number of alkyl halides is 3. The summed E-state index contributed by atoms with van der Waals surface area (Å²) in [5.41, 5.74) is 3.88. The zero-order chi connectivity index (χ0) is 16.0. The predicted octanol–water partition coefficient (Wildman–Crippen LogP) is 1.57. The van der Waals surface area contributed by atoms with E-state index in [1.807, 2.05) is 0 Å². The van der Waals surface area contributed by atoms with Crippen LogP contribution in [0.15, 0.2) is 18.2 Å². The van der Waals surface area contributed by atoms with Crippen LogP contribution in [-0.4, -0.2) is 32.2 Å². The summed E-state index contributed by atoms with van der Waals surface area (Å²) in [6, 6.07) is 2.78. The summed E-state index contributed by atoms with van der Waals surface area (Å²) in [5, 5.41) is 4.96. The number of amides is 2. The van der Waals surface area contributed by atoms with Gasteiger partial charge in [0.15, 0.2) is 0 Å². The molecule has 0 aliphatic carbocycles. The molecule has 1 aromatic carbocycles. The second-order valence-electron chi connectivity index (χ2n) is 3.93. The molecule has 4 N–H and O–H groups in total. The minimum Gasteiger partial charge on any atom is -0.448 e. The zero-order valence-electron chi connectivity index (χ0n) is 11.1. The van der Waals surface area contributed by atoms with Gasteiger partial charge in [-0.15, -0.1) is 0 Å². The Labute approximate surface area is 118 Å². The largest absolute Gasteiger partial charge is 0.448 e. The molecule has 2 amide bonds. The molecule has 0 radical (unpaired) electrons. The van der Waals surface area contributed by atoms with Gasteiger partial charge in [-0.2, -0.15) is 13.2 Å². The molecule has 0 unspecified atom stereocenters. The van der Waals surface area contributed by atoms with Crippen LogP contribution in [0.1, 0.15) is 15.9 Å². The first-order valence-corrected chi connectivity index (χ1v) is 5.85. The number of ether oxygens (including phenoxy) is 1. The SMILES string of the molecule is CNc1ccc(C(F)(F)F)cc1C(=O)NCCOC(N)=O. The number of nitrogens with two attached hydrogens (primary N) is 1. The molecule has 0 aliphatic heterocycles. The number of carbonyl (C=O) groups excluding carboxylic acids is 2. The van der Waals surface area contributed by atoms with Crippen molar-refractivity contribution < 1.29 is 27.5 Å². The van der Waals surface area contributed by atoms with Gasteiger partial charge in [0.25, 0.3) is 5.91 Å². The number of primary amides is 1. The Morgan fingerprint density at radius 2 is 2.00 bits per heavy atom. The Morgan fingerprint density at radius 3 is 2.52 bits per heavy atom. The van der Waals surface area contributed by atoms with Crippen LogP contribution in [0.3, 0.4) is 0 Å². The van der Waals surface area contributed by atoms with E-state index in [1.54, 1.807) is 0 Å². The van der Waals surface area contributed by atoms with E-state index in [0.717, 1.165) is 18.2 Å². The first-order valence-electron chi connectivity index (χ1n) is 5.85. The van der Waals surface area contributed by atoms with Crippen LogP contribution in [0.4, 0.5) is 23.7 Å². The molecule has 21 heavy (non-hydrogen) atoms. The van der Waals surface area contributed by atoms with Crippen LogP contribution in [-0.2, 0) is 10.9 Å². The summed E-state index contributed by atoms with van der Waals surface area (Å²) >= 11 is 0. The lowest BCUT2D eigenvalue weighted by Crippen LogP contribution is -2.29. The third kappa shape index (κ3) is 4.86. The number of halogens is 3. The van der Waals surface area contributed by atoms with E-state index in [9.17, 15) is 22.8 Å². The summed E-state index contributed by atoms with van der Waals surface area (Å²) in [6.45, 7) is -0.240. The van der Waals surface area contributed by atoms with Crippen LogP contribution >= 0.6 is 0 Å². The molecule has 0 aliphatic rings. The van der Waals surface area contributed by atoms with E-state index in [1.165, 1.54) is 7.05 Å². The lowest BCUT2D eigenvalue weighted by atomic mass is 10.1. The molecule has 116 valence electrons. The zero-order valence-corrected chi connectivity index (χ0v) is 11.1. The van der Waals surface area contributed by atoms with Crippen molar-refractivity contribution in [1.29, 1.82) is 0 Å². The Morgan fingerprint density at radius 1 is 1.33 bits per heavy atom. The Balaban J connectivity index is 2.83. The molecule has 0 aromatic heterocycles. The summed E-state index contributed by atoms with van der Waals surface area (Å²) in [4.78, 5) is 22.2. The van der Waals surface area contributed by atoms with Crippen LogP contribution in [0.25, 0.3) is 0 Å². The standard InChI is InChI=1S/C12H14F3N3O3/c1-17-9-3-2-7(12(13,14)15)6-8(9)10(19)18-4-5-21-11(16)20/h2-3,6,17H,4-5H2,1H3,(H2,16,20)(H,18,19). The second kappa shape index (κ2) is 6.82. The van der Waals surface area contributed by atoms with Crippen molar-refractivity contribution in [3.8, 4) is 0 Å². The van der Waals surface area contributed by atoms with Gasteiger partial charge in [0, 0.05) is 12.7 Å². The molecule has 9 heteroatoms. The topological polar surface area (TPSA) is 93.4 Å². The van der Waals surface area contributed by atoms with Gasteiger partial charge in [-0.1, -0.05) is 0 Å². The Hall–Kier alpha value is -2.45. The van der Waals surface area contributed by atoms with Crippen molar-refractivity contribution in [2.75, 3.05) is 25.5 Å². The number of hydrogen-bond acceptors (Lipinski definition) is 4. The van der Waals surface area contributed by atoms with Crippen molar-refractivity contribution >= 4 is 17.7 Å². The Kier molecular flexibility index (Phi) is 5.39. The average Bonchev–Trinajstić information content (AvgIpc) is 2.41. The first kappa shape index (κ1) is 16.6. The highest BCUT2D eigenvalue weighted by Crippen LogP contribution is 2.31. The maximum absolute atomic E-state index is 12.6. The van der Waals surface area contributed by atoms with Crippen molar-refractivity contribution in [3.05, 3.63) is 29.3 Å². The van der Waals surface area contributed by atoms with Crippen LogP contribution < -0.4 is 16.4 Å². The van der Waals surface area contributed by atoms with Crippen molar-refractivity contribution in [1.82, 2.24) is 5.32 Å². The van der Waals surface area contributed by atoms with Crippen LogP contribution in [0.5, 0.6) is 0 Å². The van der Waals surface area contributed by atoms with Gasteiger partial charge >= 0.3 is 12.3 Å². The van der Waals surface area contributed by atoms with Crippen LogP contribution in [0.2, 0.25) is 0 Å². The van der Waals surface area contributed by atoms with E-state index in [-0.39, 0.29) is 24.4 Å². The number of anilines is 1. The van der Waals surface area contributed by atoms with E-state index in [0.29, 0.717) is 0 Å². The number of rotatable bonds is 5. The van der Waals surface area contributed by atoms with Gasteiger partial charge in [0.1, 0.15) is 6.61 Å². The smallest absolute Gasteiger partial charge is 0.416 e. The third-order valence-electron chi connectivity index (χ3n) is 2.49. The average molecular weight is 305 g/mol. The van der Waals surface area contributed by atoms with Crippen molar-refractivity contribution in [2.24, 2.45) is 5.73 Å². The van der Waals surface area contributed by atoms with E-state index >= 15 is 0 Å². The molecule has 0 atom stereocenters. The highest BCUT2D eigenvalue weighted by Gasteiger charge is 2.31. The molecular weight excluding hydrogens is 291 g/mol. The lowest BCUT2D eigenvalue weighted by molar-refractivity contribution is -0.137. The molecular formula is C12H14F3N3O3. The maximum Gasteiger partial charge on any atom is 0.416 e. The van der Waals surface area contributed by atoms with E-state index in [4.69, 9.17) is 5.73 Å². The molecule has 0 heterocycles. The fourth-order valence-electron chi connectivity index (χ4n) is 1.54. The summed E-state index contributed by atoms with van der Waals surface area (Å²) in [7, 11) is 1.48. The minimum absolute atomic E-state index is 0.0683. The van der Waals surface area contributed by atoms with Gasteiger partial charge in [-0.3, -0.25) is 4.79 Å². The molecule has 0 saturated heterocycles. The monoisotopic (exact) mass is 305 g/mol. The fourth-order valence-corrected chi connectivity index (χ4v) is 1.54. The van der Waals surface area contributed by atoms with Gasteiger partial charge in [-0.25, -0.2) is 4.79 Å². The highest BCUT2D eigenvalue weighted by atomic mass is 19.4. The molecule has 0 saturated carbocycles. The number of carbonyl (C=O) groups is 2. The van der Waals surface area contributed by atoms with Crippen molar-refractivity contribution in [2.45, 2.75) is 6.18 Å². The number of hydrogen-bond donors (Lipinski definition) is 3. The van der Waals surface area contributed by atoms with Gasteiger partial charge in [0.05, 0.1) is 17.7 Å². The summed E-state index contributed by atoms with van der Waals surface area (Å²) < 4.78 is 42.3. The van der Waals surface area contributed by atoms with Crippen LogP contribution in [0, 0.1) is 0 Å². The molecule has 0 spiro atoms. The predicted molar refractivity (Wildman–Crippen MR) is 68.9 cm³/mol. The first-order chi connectivity index (χ1) is 9.75. The fraction of sp³-hybridized carbons (Fsp3) is 0.333. The minimum atomic E-state index is -4.55. The van der Waals surface area contributed by atoms with E-state index < -0.39 is 23.7 Å². The maximum atomic E-state index is 12.6. The quantitative estimate of drug-likeness (QED) is 0.720. The normalized spacial score (nSPS) is 10.9. The summed E-state index contributed by atoms with van der Waals surface area (Å²) in [6.07, 6.45) is -5.55. The van der Waals surface area contributed by atoms with Crippen molar-refractivity contribution in [3.63, 3.8) is 0 Å². The molecule has 0 fully saturated rings. The molecule has 0 bridgehead atoms.